The number of anilines is 2. The van der Waals surface area contributed by atoms with Crippen LogP contribution in [0.3, 0.4) is 0 Å². The van der Waals surface area contributed by atoms with Crippen molar-refractivity contribution in [3.63, 3.8) is 0 Å². The normalized spacial score (nSPS) is 15.0. The van der Waals surface area contributed by atoms with E-state index in [1.54, 1.807) is 11.8 Å². The van der Waals surface area contributed by atoms with E-state index < -0.39 is 11.9 Å². The molecule has 0 spiro atoms. The van der Waals surface area contributed by atoms with Gasteiger partial charge in [0, 0.05) is 31.0 Å². The van der Waals surface area contributed by atoms with Crippen molar-refractivity contribution in [3.05, 3.63) is 59.3 Å². The molecule has 0 radical (unpaired) electrons. The first-order valence-corrected chi connectivity index (χ1v) is 10.7. The molecule has 2 aromatic carbocycles. The lowest BCUT2D eigenvalue weighted by atomic mass is 9.95. The maximum atomic E-state index is 12.5. The Labute approximate surface area is 192 Å². The van der Waals surface area contributed by atoms with E-state index in [1.165, 1.54) is 0 Å². The van der Waals surface area contributed by atoms with Crippen molar-refractivity contribution in [1.82, 2.24) is 14.8 Å². The SMILES string of the molecule is CCOc1ccc(C2C(C(N)=O)=C(C)Nc3nc(-c4ccc(N(C)C)cc4)nn32)cc1OC. The molecule has 172 valence electrons. The Morgan fingerprint density at radius 3 is 2.52 bits per heavy atom. The summed E-state index contributed by atoms with van der Waals surface area (Å²) in [6, 6.07) is 13.0. The van der Waals surface area contributed by atoms with Crippen LogP contribution in [0.5, 0.6) is 11.5 Å². The molecule has 1 aromatic heterocycles. The second-order valence-corrected chi connectivity index (χ2v) is 7.92. The number of nitrogens with two attached hydrogens (primary N) is 1. The summed E-state index contributed by atoms with van der Waals surface area (Å²) in [7, 11) is 5.56. The summed E-state index contributed by atoms with van der Waals surface area (Å²) in [5, 5.41) is 7.93. The highest BCUT2D eigenvalue weighted by atomic mass is 16.5. The van der Waals surface area contributed by atoms with Crippen molar-refractivity contribution in [2.24, 2.45) is 5.73 Å². The van der Waals surface area contributed by atoms with Gasteiger partial charge in [-0.2, -0.15) is 4.98 Å². The minimum absolute atomic E-state index is 0.410. The van der Waals surface area contributed by atoms with E-state index in [-0.39, 0.29) is 0 Å². The first kappa shape index (κ1) is 22.2. The molecule has 0 bridgehead atoms. The minimum Gasteiger partial charge on any atom is -0.493 e. The van der Waals surface area contributed by atoms with Gasteiger partial charge in [0.2, 0.25) is 11.9 Å². The van der Waals surface area contributed by atoms with Crippen molar-refractivity contribution in [1.29, 1.82) is 0 Å². The van der Waals surface area contributed by atoms with E-state index in [9.17, 15) is 4.79 Å². The standard InChI is InChI=1S/C24H28N6O3/c1-6-33-18-12-9-16(13-19(18)32-5)21-20(22(25)31)14(2)26-24-27-23(28-30(21)24)15-7-10-17(11-8-15)29(3)4/h7-13,21H,6H2,1-5H3,(H2,25,31)(H,26,27,28). The van der Waals surface area contributed by atoms with Gasteiger partial charge in [-0.15, -0.1) is 5.10 Å². The van der Waals surface area contributed by atoms with Gasteiger partial charge in [0.05, 0.1) is 19.3 Å². The number of allylic oxidation sites excluding steroid dienone is 1. The van der Waals surface area contributed by atoms with Crippen LogP contribution in [0.4, 0.5) is 11.6 Å². The number of aromatic nitrogens is 3. The predicted molar refractivity (Wildman–Crippen MR) is 128 cm³/mol. The van der Waals surface area contributed by atoms with Gasteiger partial charge in [0.25, 0.3) is 0 Å². The van der Waals surface area contributed by atoms with Gasteiger partial charge in [0.15, 0.2) is 17.3 Å². The van der Waals surface area contributed by atoms with Gasteiger partial charge in [-0.05, 0) is 55.8 Å². The molecule has 0 saturated carbocycles. The Morgan fingerprint density at radius 1 is 1.18 bits per heavy atom. The number of rotatable bonds is 7. The van der Waals surface area contributed by atoms with E-state index in [2.05, 4.69) is 10.3 Å². The fourth-order valence-corrected chi connectivity index (χ4v) is 3.94. The van der Waals surface area contributed by atoms with Gasteiger partial charge in [0.1, 0.15) is 6.04 Å². The van der Waals surface area contributed by atoms with Crippen molar-refractivity contribution >= 4 is 17.5 Å². The number of carbonyl (C=O) groups excluding carboxylic acids is 1. The summed E-state index contributed by atoms with van der Waals surface area (Å²) < 4.78 is 12.9. The molecule has 4 rings (SSSR count). The van der Waals surface area contributed by atoms with Crippen molar-refractivity contribution in [2.75, 3.05) is 38.0 Å². The molecule has 33 heavy (non-hydrogen) atoms. The third-order valence-corrected chi connectivity index (χ3v) is 5.56. The highest BCUT2D eigenvalue weighted by Gasteiger charge is 2.34. The number of primary amides is 1. The number of nitrogens with zero attached hydrogens (tertiary/aromatic N) is 4. The summed E-state index contributed by atoms with van der Waals surface area (Å²) >= 11 is 0. The number of fused-ring (bicyclic) bond motifs is 1. The molecule has 0 fully saturated rings. The van der Waals surface area contributed by atoms with Crippen LogP contribution in [0, 0.1) is 0 Å². The van der Waals surface area contributed by atoms with Crippen LogP contribution >= 0.6 is 0 Å². The Bertz CT molecular complexity index is 1210. The number of hydrogen-bond donors (Lipinski definition) is 2. The molecule has 2 heterocycles. The van der Waals surface area contributed by atoms with Crippen LogP contribution in [0.1, 0.15) is 25.5 Å². The maximum absolute atomic E-state index is 12.5. The lowest BCUT2D eigenvalue weighted by Gasteiger charge is -2.28. The Hall–Kier alpha value is -4.01. The van der Waals surface area contributed by atoms with Crippen LogP contribution < -0.4 is 25.4 Å². The Balaban J connectivity index is 1.82. The fraction of sp³-hybridized carbons (Fsp3) is 0.292. The second-order valence-electron chi connectivity index (χ2n) is 7.92. The number of carbonyl (C=O) groups is 1. The van der Waals surface area contributed by atoms with Crippen LogP contribution in [-0.4, -0.2) is 48.5 Å². The number of hydrogen-bond acceptors (Lipinski definition) is 7. The number of amides is 1. The van der Waals surface area contributed by atoms with Crippen LogP contribution in [0.15, 0.2) is 53.7 Å². The average Bonchev–Trinajstić information content (AvgIpc) is 3.22. The number of benzene rings is 2. The topological polar surface area (TPSA) is 108 Å². The molecule has 1 unspecified atom stereocenters. The highest BCUT2D eigenvalue weighted by molar-refractivity contribution is 5.95. The lowest BCUT2D eigenvalue weighted by molar-refractivity contribution is -0.115. The second kappa shape index (κ2) is 8.85. The largest absolute Gasteiger partial charge is 0.493 e. The zero-order chi connectivity index (χ0) is 23.7. The number of ether oxygens (including phenoxy) is 2. The number of methoxy groups -OCH3 is 1. The molecular formula is C24H28N6O3. The van der Waals surface area contributed by atoms with Gasteiger partial charge in [-0.3, -0.25) is 4.79 Å². The lowest BCUT2D eigenvalue weighted by Crippen LogP contribution is -2.31. The third-order valence-electron chi connectivity index (χ3n) is 5.56. The van der Waals surface area contributed by atoms with Crippen LogP contribution in [-0.2, 0) is 4.79 Å². The van der Waals surface area contributed by atoms with Crippen molar-refractivity contribution < 1.29 is 14.3 Å². The zero-order valence-corrected chi connectivity index (χ0v) is 19.4. The Morgan fingerprint density at radius 2 is 1.91 bits per heavy atom. The van der Waals surface area contributed by atoms with Crippen LogP contribution in [0.2, 0.25) is 0 Å². The number of nitrogens with one attached hydrogen (secondary N) is 1. The van der Waals surface area contributed by atoms with E-state index in [4.69, 9.17) is 20.3 Å². The summed E-state index contributed by atoms with van der Waals surface area (Å²) in [6.45, 7) is 4.23. The van der Waals surface area contributed by atoms with Gasteiger partial charge < -0.3 is 25.4 Å². The molecule has 9 heteroatoms. The first-order valence-electron chi connectivity index (χ1n) is 10.7. The predicted octanol–water partition coefficient (Wildman–Crippen LogP) is 3.19. The Kier molecular flexibility index (Phi) is 5.95. The van der Waals surface area contributed by atoms with E-state index >= 15 is 0 Å². The molecule has 0 saturated heterocycles. The molecular weight excluding hydrogens is 420 g/mol. The van der Waals surface area contributed by atoms with Gasteiger partial charge >= 0.3 is 0 Å². The summed E-state index contributed by atoms with van der Waals surface area (Å²) in [6.07, 6.45) is 0. The van der Waals surface area contributed by atoms with Crippen molar-refractivity contribution in [2.45, 2.75) is 19.9 Å². The van der Waals surface area contributed by atoms with Gasteiger partial charge in [-0.1, -0.05) is 6.07 Å². The van der Waals surface area contributed by atoms with E-state index in [0.29, 0.717) is 41.1 Å². The molecule has 1 aliphatic rings. The van der Waals surface area contributed by atoms with Gasteiger partial charge in [-0.25, -0.2) is 4.68 Å². The molecule has 1 amide bonds. The summed E-state index contributed by atoms with van der Waals surface area (Å²) in [5.74, 6) is 1.73. The van der Waals surface area contributed by atoms with E-state index in [0.717, 1.165) is 16.8 Å². The molecule has 0 aliphatic carbocycles. The molecule has 9 nitrogen and oxygen atoms in total. The minimum atomic E-state index is -0.564. The average molecular weight is 449 g/mol. The van der Waals surface area contributed by atoms with E-state index in [1.807, 2.05) is 75.3 Å². The summed E-state index contributed by atoms with van der Waals surface area (Å²) in [5.41, 5.74) is 9.57. The molecule has 3 aromatic rings. The quantitative estimate of drug-likeness (QED) is 0.571. The summed E-state index contributed by atoms with van der Waals surface area (Å²) in [4.78, 5) is 19.2. The fourth-order valence-electron chi connectivity index (χ4n) is 3.94. The highest BCUT2D eigenvalue weighted by Crippen LogP contribution is 2.39. The van der Waals surface area contributed by atoms with Crippen LogP contribution in [0.25, 0.3) is 11.4 Å². The molecule has 1 aliphatic heterocycles. The van der Waals surface area contributed by atoms with Crippen molar-refractivity contribution in [3.8, 4) is 22.9 Å². The molecule has 3 N–H and O–H groups in total. The molecule has 1 atom stereocenters. The smallest absolute Gasteiger partial charge is 0.248 e. The maximum Gasteiger partial charge on any atom is 0.248 e. The zero-order valence-electron chi connectivity index (χ0n) is 19.4. The monoisotopic (exact) mass is 448 g/mol. The first-order chi connectivity index (χ1) is 15.8. The third kappa shape index (κ3) is 4.09.